The van der Waals surface area contributed by atoms with Gasteiger partial charge >= 0.3 is 0 Å². The predicted molar refractivity (Wildman–Crippen MR) is 124 cm³/mol. The number of carbonyl (C=O) groups is 1. The van der Waals surface area contributed by atoms with E-state index in [0.717, 1.165) is 37.1 Å². The Morgan fingerprint density at radius 3 is 2.52 bits per heavy atom. The first-order valence-corrected chi connectivity index (χ1v) is 11.5. The summed E-state index contributed by atoms with van der Waals surface area (Å²) in [7, 11) is 0. The molecule has 2 aliphatic heterocycles. The van der Waals surface area contributed by atoms with E-state index >= 15 is 0 Å². The van der Waals surface area contributed by atoms with Crippen molar-refractivity contribution in [1.29, 1.82) is 0 Å². The summed E-state index contributed by atoms with van der Waals surface area (Å²) in [6.07, 6.45) is 1.96. The van der Waals surface area contributed by atoms with E-state index in [1.54, 1.807) is 0 Å². The van der Waals surface area contributed by atoms with Crippen LogP contribution in [0.15, 0.2) is 60.8 Å². The van der Waals surface area contributed by atoms with Crippen molar-refractivity contribution in [2.24, 2.45) is 0 Å². The van der Waals surface area contributed by atoms with Crippen molar-refractivity contribution in [1.82, 2.24) is 14.4 Å². The van der Waals surface area contributed by atoms with Gasteiger partial charge in [-0.25, -0.2) is 8.78 Å². The number of aromatic nitrogens is 1. The van der Waals surface area contributed by atoms with Crippen LogP contribution in [0.4, 0.5) is 14.5 Å². The number of fused-ring (bicyclic) bond motifs is 1. The third-order valence-electron chi connectivity index (χ3n) is 6.54. The Balaban J connectivity index is 1.30. The quantitative estimate of drug-likeness (QED) is 0.573. The van der Waals surface area contributed by atoms with Crippen molar-refractivity contribution in [3.8, 4) is 0 Å². The van der Waals surface area contributed by atoms with Gasteiger partial charge in [0.15, 0.2) is 0 Å². The van der Waals surface area contributed by atoms with Crippen LogP contribution >= 0.6 is 11.6 Å². The lowest BCUT2D eigenvalue weighted by atomic mass is 9.99. The van der Waals surface area contributed by atoms with E-state index in [4.69, 9.17) is 11.6 Å². The van der Waals surface area contributed by atoms with Crippen molar-refractivity contribution < 1.29 is 13.6 Å². The molecule has 1 atom stereocenters. The Hall–Kier alpha value is -2.90. The number of hydrogen-bond donors (Lipinski definition) is 0. The van der Waals surface area contributed by atoms with Crippen LogP contribution in [0.5, 0.6) is 0 Å². The highest BCUT2D eigenvalue weighted by Gasteiger charge is 2.33. The first kappa shape index (κ1) is 21.9. The van der Waals surface area contributed by atoms with Crippen molar-refractivity contribution in [3.63, 3.8) is 0 Å². The minimum Gasteiger partial charge on any atom is -0.368 e. The van der Waals surface area contributed by atoms with Crippen LogP contribution in [0.1, 0.15) is 17.3 Å². The molecule has 1 amide bonds. The number of rotatable bonds is 4. The van der Waals surface area contributed by atoms with E-state index in [1.807, 2.05) is 52.4 Å². The molecule has 5 nitrogen and oxygen atoms in total. The lowest BCUT2D eigenvalue weighted by Gasteiger charge is -2.40. The molecule has 0 saturated carbocycles. The van der Waals surface area contributed by atoms with Crippen LogP contribution in [0.3, 0.4) is 0 Å². The predicted octanol–water partition coefficient (Wildman–Crippen LogP) is 4.17. The second-order valence-electron chi connectivity index (χ2n) is 8.51. The van der Waals surface area contributed by atoms with E-state index in [0.29, 0.717) is 30.2 Å². The molecule has 3 heterocycles. The molecule has 0 N–H and O–H groups in total. The van der Waals surface area contributed by atoms with Gasteiger partial charge in [0.2, 0.25) is 5.91 Å². The van der Waals surface area contributed by atoms with Crippen LogP contribution in [-0.4, -0.2) is 59.5 Å². The average Bonchev–Trinajstić information content (AvgIpc) is 3.29. The smallest absolute Gasteiger partial charge is 0.236 e. The molecule has 2 aromatic carbocycles. The third-order valence-corrected chi connectivity index (χ3v) is 6.77. The number of amides is 1. The zero-order chi connectivity index (χ0) is 22.9. The fourth-order valence-corrected chi connectivity index (χ4v) is 5.03. The number of nitrogens with zero attached hydrogens (tertiary/aromatic N) is 4. The van der Waals surface area contributed by atoms with Crippen LogP contribution in [0, 0.1) is 11.6 Å². The summed E-state index contributed by atoms with van der Waals surface area (Å²) >= 11 is 6.12. The van der Waals surface area contributed by atoms with Crippen molar-refractivity contribution in [3.05, 3.63) is 88.7 Å². The van der Waals surface area contributed by atoms with Gasteiger partial charge in [0.1, 0.15) is 11.6 Å². The van der Waals surface area contributed by atoms with Gasteiger partial charge in [-0.3, -0.25) is 9.69 Å². The summed E-state index contributed by atoms with van der Waals surface area (Å²) in [5.41, 5.74) is 2.35. The zero-order valence-corrected chi connectivity index (χ0v) is 18.9. The van der Waals surface area contributed by atoms with Gasteiger partial charge < -0.3 is 14.4 Å². The Bertz CT molecular complexity index is 1160. The molecule has 3 aromatic rings. The maximum atomic E-state index is 14.7. The summed E-state index contributed by atoms with van der Waals surface area (Å²) in [6, 6.07) is 14.8. The topological polar surface area (TPSA) is 31.7 Å². The van der Waals surface area contributed by atoms with Crippen molar-refractivity contribution >= 4 is 23.2 Å². The highest BCUT2D eigenvalue weighted by atomic mass is 35.5. The molecular weight excluding hydrogens is 446 g/mol. The maximum Gasteiger partial charge on any atom is 0.236 e. The molecule has 0 aliphatic carbocycles. The van der Waals surface area contributed by atoms with Gasteiger partial charge in [0, 0.05) is 73.5 Å². The molecule has 8 heteroatoms. The highest BCUT2D eigenvalue weighted by molar-refractivity contribution is 6.30. The fourth-order valence-electron chi connectivity index (χ4n) is 4.84. The zero-order valence-electron chi connectivity index (χ0n) is 18.1. The molecule has 0 radical (unpaired) electrons. The molecule has 1 unspecified atom stereocenters. The summed E-state index contributed by atoms with van der Waals surface area (Å²) in [5.74, 6) is -1.18. The second-order valence-corrected chi connectivity index (χ2v) is 8.95. The SMILES string of the molecule is O=C(CN1CCn2cccc2C1c1ccc(F)cc1F)N1CCN(c2cccc(Cl)c2)CC1. The Morgan fingerprint density at radius 2 is 1.76 bits per heavy atom. The van der Waals surface area contributed by atoms with Gasteiger partial charge in [-0.1, -0.05) is 23.7 Å². The first-order chi connectivity index (χ1) is 16.0. The van der Waals surface area contributed by atoms with E-state index < -0.39 is 17.7 Å². The number of benzene rings is 2. The number of carbonyl (C=O) groups excluding carboxylic acids is 1. The lowest BCUT2D eigenvalue weighted by Crippen LogP contribution is -2.52. The molecule has 5 rings (SSSR count). The van der Waals surface area contributed by atoms with Crippen LogP contribution in [0.25, 0.3) is 0 Å². The van der Waals surface area contributed by atoms with Crippen molar-refractivity contribution in [2.75, 3.05) is 44.2 Å². The first-order valence-electron chi connectivity index (χ1n) is 11.1. The Labute approximate surface area is 196 Å². The van der Waals surface area contributed by atoms with Gasteiger partial charge in [-0.05, 0) is 36.4 Å². The molecule has 33 heavy (non-hydrogen) atoms. The van der Waals surface area contributed by atoms with E-state index in [-0.39, 0.29) is 12.5 Å². The summed E-state index contributed by atoms with van der Waals surface area (Å²) in [4.78, 5) is 19.3. The molecule has 1 fully saturated rings. The monoisotopic (exact) mass is 470 g/mol. The Morgan fingerprint density at radius 1 is 0.939 bits per heavy atom. The standard InChI is InChI=1S/C25H25ClF2N4O/c26-18-3-1-4-20(15-18)29-9-12-31(13-10-29)24(33)17-32-14-11-30-8-2-5-23(30)25(32)21-7-6-19(27)16-22(21)28/h1-8,15-16,25H,9-14,17H2. The minimum atomic E-state index is -0.609. The van der Waals surface area contributed by atoms with Gasteiger partial charge in [0.05, 0.1) is 12.6 Å². The number of piperazine rings is 1. The van der Waals surface area contributed by atoms with E-state index in [2.05, 4.69) is 9.47 Å². The molecule has 172 valence electrons. The summed E-state index contributed by atoms with van der Waals surface area (Å²) in [6.45, 7) is 4.20. The third kappa shape index (κ3) is 4.48. The van der Waals surface area contributed by atoms with Gasteiger partial charge in [-0.2, -0.15) is 0 Å². The van der Waals surface area contributed by atoms with Crippen molar-refractivity contribution in [2.45, 2.75) is 12.6 Å². The van der Waals surface area contributed by atoms with E-state index in [1.165, 1.54) is 12.1 Å². The molecule has 0 spiro atoms. The molecular formula is C25H25ClF2N4O. The lowest BCUT2D eigenvalue weighted by molar-refractivity contribution is -0.133. The largest absolute Gasteiger partial charge is 0.368 e. The summed E-state index contributed by atoms with van der Waals surface area (Å²) < 4.78 is 30.4. The number of anilines is 1. The van der Waals surface area contributed by atoms with Gasteiger partial charge in [-0.15, -0.1) is 0 Å². The summed E-state index contributed by atoms with van der Waals surface area (Å²) in [5, 5.41) is 0.694. The van der Waals surface area contributed by atoms with Crippen LogP contribution in [-0.2, 0) is 11.3 Å². The maximum absolute atomic E-state index is 14.7. The minimum absolute atomic E-state index is 0.0215. The van der Waals surface area contributed by atoms with E-state index in [9.17, 15) is 13.6 Å². The fraction of sp³-hybridized carbons (Fsp3) is 0.320. The van der Waals surface area contributed by atoms with Crippen LogP contribution < -0.4 is 4.90 Å². The normalized spacial score (nSPS) is 18.9. The second kappa shape index (κ2) is 9.15. The average molecular weight is 471 g/mol. The molecule has 0 bridgehead atoms. The highest BCUT2D eigenvalue weighted by Crippen LogP contribution is 2.34. The number of hydrogen-bond acceptors (Lipinski definition) is 3. The molecule has 1 aromatic heterocycles. The molecule has 1 saturated heterocycles. The van der Waals surface area contributed by atoms with Crippen LogP contribution in [0.2, 0.25) is 5.02 Å². The molecule has 2 aliphatic rings. The number of halogens is 3. The van der Waals surface area contributed by atoms with Gasteiger partial charge in [0.25, 0.3) is 0 Å². The Kier molecular flexibility index (Phi) is 6.08.